The molecule has 150 valence electrons. The second-order valence-electron chi connectivity index (χ2n) is 7.11. The number of ketones is 1. The fourth-order valence-corrected chi connectivity index (χ4v) is 4.31. The molecule has 0 atom stereocenters. The predicted octanol–water partition coefficient (Wildman–Crippen LogP) is 3.70. The Bertz CT molecular complexity index is 1090. The third-order valence-electron chi connectivity index (χ3n) is 4.99. The smallest absolute Gasteiger partial charge is 0.262 e. The molecule has 0 saturated carbocycles. The number of nitrogens with two attached hydrogens (primary N) is 1. The van der Waals surface area contributed by atoms with Crippen LogP contribution in [0.2, 0.25) is 0 Å². The lowest BCUT2D eigenvalue weighted by Crippen LogP contribution is -2.24. The van der Waals surface area contributed by atoms with Crippen LogP contribution < -0.4 is 11.3 Å². The summed E-state index contributed by atoms with van der Waals surface area (Å²) in [5.74, 6) is -0.355. The first-order chi connectivity index (χ1) is 14.0. The van der Waals surface area contributed by atoms with Crippen molar-refractivity contribution in [2.75, 3.05) is 5.75 Å². The van der Waals surface area contributed by atoms with Crippen LogP contribution in [0, 0.1) is 11.3 Å². The fraction of sp³-hybridized carbons (Fsp3) is 0.364. The van der Waals surface area contributed by atoms with Crippen molar-refractivity contribution in [3.8, 4) is 6.07 Å². The summed E-state index contributed by atoms with van der Waals surface area (Å²) < 4.78 is 1.65. The molecular formula is C22H24N4O2S. The maximum atomic E-state index is 13.1. The number of rotatable bonds is 7. The van der Waals surface area contributed by atoms with Gasteiger partial charge in [0.25, 0.3) is 5.56 Å². The van der Waals surface area contributed by atoms with E-state index in [-0.39, 0.29) is 28.4 Å². The number of carbonyl (C=O) groups is 1. The Kier molecular flexibility index (Phi) is 6.89. The van der Waals surface area contributed by atoms with E-state index in [0.717, 1.165) is 19.3 Å². The molecule has 6 nitrogen and oxygen atoms in total. The average molecular weight is 409 g/mol. The lowest BCUT2D eigenvalue weighted by molar-refractivity contribution is -0.112. The van der Waals surface area contributed by atoms with Crippen molar-refractivity contribution in [2.24, 2.45) is 5.73 Å². The number of hydrogen-bond acceptors (Lipinski definition) is 6. The molecule has 0 bridgehead atoms. The first-order valence-electron chi connectivity index (χ1n) is 9.71. The second kappa shape index (κ2) is 9.57. The maximum Gasteiger partial charge on any atom is 0.262 e. The van der Waals surface area contributed by atoms with Crippen molar-refractivity contribution in [3.63, 3.8) is 0 Å². The molecule has 7 heteroatoms. The SMILES string of the molecule is C/C(N)=C(\C#N)C(=O)CSc1nc2ccccc2c(=O)n1CCC1=CCCCC1. The molecule has 0 spiro atoms. The monoisotopic (exact) mass is 408 g/mol. The lowest BCUT2D eigenvalue weighted by atomic mass is 9.97. The molecule has 2 N–H and O–H groups in total. The molecule has 0 radical (unpaired) electrons. The van der Waals surface area contributed by atoms with Crippen LogP contribution in [0.3, 0.4) is 0 Å². The molecule has 29 heavy (non-hydrogen) atoms. The van der Waals surface area contributed by atoms with Crippen LogP contribution in [0.25, 0.3) is 10.9 Å². The van der Waals surface area contributed by atoms with Crippen molar-refractivity contribution in [3.05, 3.63) is 57.5 Å². The van der Waals surface area contributed by atoms with E-state index in [2.05, 4.69) is 11.1 Å². The molecule has 2 aromatic rings. The van der Waals surface area contributed by atoms with Crippen molar-refractivity contribution in [1.29, 1.82) is 5.26 Å². The summed E-state index contributed by atoms with van der Waals surface area (Å²) in [5.41, 5.74) is 7.66. The summed E-state index contributed by atoms with van der Waals surface area (Å²) in [5, 5.41) is 10.2. The van der Waals surface area contributed by atoms with Crippen molar-refractivity contribution in [1.82, 2.24) is 9.55 Å². The van der Waals surface area contributed by atoms with Gasteiger partial charge in [-0.3, -0.25) is 14.2 Å². The summed E-state index contributed by atoms with van der Waals surface area (Å²) >= 11 is 1.17. The Morgan fingerprint density at radius 2 is 2.14 bits per heavy atom. The molecule has 1 heterocycles. The second-order valence-corrected chi connectivity index (χ2v) is 8.05. The van der Waals surface area contributed by atoms with E-state index in [1.165, 1.54) is 37.1 Å². The van der Waals surface area contributed by atoms with Gasteiger partial charge >= 0.3 is 0 Å². The largest absolute Gasteiger partial charge is 0.401 e. The van der Waals surface area contributed by atoms with Crippen molar-refractivity contribution in [2.45, 2.75) is 50.7 Å². The van der Waals surface area contributed by atoms with Crippen LogP contribution >= 0.6 is 11.8 Å². The van der Waals surface area contributed by atoms with Gasteiger partial charge in [0.15, 0.2) is 10.9 Å². The Balaban J connectivity index is 1.90. The summed E-state index contributed by atoms with van der Waals surface area (Å²) in [4.78, 5) is 30.1. The Morgan fingerprint density at radius 3 is 2.83 bits per heavy atom. The molecule has 1 aliphatic carbocycles. The number of para-hydroxylation sites is 1. The molecule has 1 aromatic heterocycles. The highest BCUT2D eigenvalue weighted by Gasteiger charge is 2.17. The van der Waals surface area contributed by atoms with E-state index in [1.807, 2.05) is 18.2 Å². The van der Waals surface area contributed by atoms with Crippen LogP contribution in [-0.2, 0) is 11.3 Å². The number of thioether (sulfide) groups is 1. The van der Waals surface area contributed by atoms with Crippen molar-refractivity contribution < 1.29 is 4.79 Å². The van der Waals surface area contributed by atoms with Gasteiger partial charge in [-0.05, 0) is 51.2 Å². The normalized spacial score (nSPS) is 14.8. The standard InChI is InChI=1S/C22H24N4O2S/c1-15(24)18(13-23)20(27)14-29-22-25-19-10-6-5-9-17(19)21(28)26(22)12-11-16-7-3-2-4-8-16/h5-7,9-10H,2-4,8,11-12,14,24H2,1H3/b18-15-. The molecule has 1 aromatic carbocycles. The number of hydrogen-bond donors (Lipinski definition) is 1. The molecule has 0 unspecified atom stereocenters. The molecule has 3 rings (SSSR count). The summed E-state index contributed by atoms with van der Waals surface area (Å²) in [6.07, 6.45) is 7.65. The molecule has 1 aliphatic rings. The zero-order valence-electron chi connectivity index (χ0n) is 16.5. The van der Waals surface area contributed by atoms with Gasteiger partial charge in [-0.1, -0.05) is 35.5 Å². The highest BCUT2D eigenvalue weighted by atomic mass is 32.2. The molecule has 0 amide bonds. The fourth-order valence-electron chi connectivity index (χ4n) is 3.41. The van der Waals surface area contributed by atoms with Gasteiger partial charge in [-0.25, -0.2) is 4.98 Å². The Morgan fingerprint density at radius 1 is 1.34 bits per heavy atom. The lowest BCUT2D eigenvalue weighted by Gasteiger charge is -2.16. The predicted molar refractivity (Wildman–Crippen MR) is 115 cm³/mol. The average Bonchev–Trinajstić information content (AvgIpc) is 2.72. The van der Waals surface area contributed by atoms with Gasteiger partial charge in [-0.2, -0.15) is 5.26 Å². The van der Waals surface area contributed by atoms with Gasteiger partial charge in [0.1, 0.15) is 11.6 Å². The minimum atomic E-state index is -0.360. The van der Waals surface area contributed by atoms with Gasteiger partial charge in [0.2, 0.25) is 0 Å². The third kappa shape index (κ3) is 4.96. The Labute approximate surface area is 174 Å². The van der Waals surface area contributed by atoms with E-state index >= 15 is 0 Å². The molecule has 0 saturated heterocycles. The van der Waals surface area contributed by atoms with Crippen molar-refractivity contribution >= 4 is 28.4 Å². The van der Waals surface area contributed by atoms with E-state index in [1.54, 1.807) is 16.7 Å². The molecular weight excluding hydrogens is 384 g/mol. The number of carbonyl (C=O) groups excluding carboxylic acids is 1. The number of benzene rings is 1. The minimum Gasteiger partial charge on any atom is -0.401 e. The van der Waals surface area contributed by atoms with Crippen LogP contribution in [-0.4, -0.2) is 21.1 Å². The van der Waals surface area contributed by atoms with E-state index in [9.17, 15) is 9.59 Å². The van der Waals surface area contributed by atoms with E-state index in [0.29, 0.717) is 22.6 Å². The number of allylic oxidation sites excluding steroid dienone is 4. The van der Waals surface area contributed by atoms with Crippen LogP contribution in [0.1, 0.15) is 39.0 Å². The highest BCUT2D eigenvalue weighted by Crippen LogP contribution is 2.23. The summed E-state index contributed by atoms with van der Waals surface area (Å²) in [6.45, 7) is 2.05. The molecule has 0 fully saturated rings. The first-order valence-corrected chi connectivity index (χ1v) is 10.7. The minimum absolute atomic E-state index is 0.00487. The third-order valence-corrected chi connectivity index (χ3v) is 5.96. The van der Waals surface area contributed by atoms with Gasteiger partial charge in [0.05, 0.1) is 16.7 Å². The molecule has 0 aliphatic heterocycles. The number of Topliss-reactive ketones (excluding diaryl/α,β-unsaturated/α-hetero) is 1. The summed E-state index contributed by atoms with van der Waals surface area (Å²) in [7, 11) is 0. The zero-order chi connectivity index (χ0) is 20.8. The van der Waals surface area contributed by atoms with Crippen LogP contribution in [0.4, 0.5) is 0 Å². The number of nitrogens with zero attached hydrogens (tertiary/aromatic N) is 3. The van der Waals surface area contributed by atoms with Gasteiger partial charge in [-0.15, -0.1) is 0 Å². The quantitative estimate of drug-likeness (QED) is 0.246. The number of nitriles is 1. The number of aromatic nitrogens is 2. The zero-order valence-corrected chi connectivity index (χ0v) is 17.3. The Hall–Kier alpha value is -2.85. The van der Waals surface area contributed by atoms with Crippen LogP contribution in [0.5, 0.6) is 0 Å². The highest BCUT2D eigenvalue weighted by molar-refractivity contribution is 7.99. The number of fused-ring (bicyclic) bond motifs is 1. The van der Waals surface area contributed by atoms with Crippen LogP contribution in [0.15, 0.2) is 57.1 Å². The maximum absolute atomic E-state index is 13.1. The first kappa shape index (κ1) is 20.9. The summed E-state index contributed by atoms with van der Waals surface area (Å²) in [6, 6.07) is 9.08. The van der Waals surface area contributed by atoms with E-state index < -0.39 is 0 Å². The van der Waals surface area contributed by atoms with E-state index in [4.69, 9.17) is 11.0 Å². The van der Waals surface area contributed by atoms with Gasteiger partial charge in [0, 0.05) is 12.2 Å². The van der Waals surface area contributed by atoms with Gasteiger partial charge < -0.3 is 5.73 Å². The topological polar surface area (TPSA) is 102 Å².